The molecule has 0 aromatic heterocycles. The standard InChI is InChI=1S/C26H23Cl2FN4O2/c27-22-7-5-16(13-23(22)28)20(8-10-30)26(35)32-19-6-4-15-9-11-31-24(21(15)14-19)33-25(34)17-2-1-3-18(29)12-17/h1-7,12-14,20H,8-11,30H2,(H,32,35)(H,31,33,34). The summed E-state index contributed by atoms with van der Waals surface area (Å²) in [6.07, 6.45) is 1.12. The molecule has 0 spiro atoms. The fraction of sp³-hybridized carbons (Fsp3) is 0.192. The van der Waals surface area contributed by atoms with Gasteiger partial charge in [-0.3, -0.25) is 14.6 Å². The van der Waals surface area contributed by atoms with E-state index in [-0.39, 0.29) is 11.5 Å². The normalized spacial score (nSPS) is 13.4. The van der Waals surface area contributed by atoms with Crippen LogP contribution in [0.3, 0.4) is 0 Å². The van der Waals surface area contributed by atoms with Gasteiger partial charge >= 0.3 is 0 Å². The van der Waals surface area contributed by atoms with E-state index in [1.54, 1.807) is 24.3 Å². The number of rotatable bonds is 6. The number of nitrogens with zero attached hydrogens (tertiary/aromatic N) is 1. The second kappa shape index (κ2) is 11.0. The maximum atomic E-state index is 13.5. The van der Waals surface area contributed by atoms with Crippen LogP contribution in [-0.4, -0.2) is 30.7 Å². The second-order valence-corrected chi connectivity index (χ2v) is 8.92. The van der Waals surface area contributed by atoms with Crippen molar-refractivity contribution in [3.8, 4) is 0 Å². The molecule has 0 saturated carbocycles. The summed E-state index contributed by atoms with van der Waals surface area (Å²) in [5, 5.41) is 6.47. The molecular formula is C26H23Cl2FN4O2. The topological polar surface area (TPSA) is 96.6 Å². The second-order valence-electron chi connectivity index (χ2n) is 8.11. The summed E-state index contributed by atoms with van der Waals surface area (Å²) < 4.78 is 13.5. The SMILES string of the molecule is NCCC(C(=O)Nc1ccc2c(c1)C(NC(=O)c1cccc(F)c1)=NCC2)c1ccc(Cl)c(Cl)c1. The minimum absolute atomic E-state index is 0.190. The van der Waals surface area contributed by atoms with Crippen molar-refractivity contribution in [2.24, 2.45) is 10.7 Å². The van der Waals surface area contributed by atoms with Crippen molar-refractivity contribution < 1.29 is 14.0 Å². The quantitative estimate of drug-likeness (QED) is 0.436. The molecule has 0 saturated heterocycles. The van der Waals surface area contributed by atoms with Gasteiger partial charge in [-0.05, 0) is 73.0 Å². The zero-order valence-corrected chi connectivity index (χ0v) is 20.2. The highest BCUT2D eigenvalue weighted by Gasteiger charge is 2.23. The molecule has 6 nitrogen and oxygen atoms in total. The average molecular weight is 513 g/mol. The van der Waals surface area contributed by atoms with Crippen molar-refractivity contribution in [1.82, 2.24) is 5.32 Å². The van der Waals surface area contributed by atoms with Crippen LogP contribution in [0.5, 0.6) is 0 Å². The summed E-state index contributed by atoms with van der Waals surface area (Å²) in [7, 11) is 0. The van der Waals surface area contributed by atoms with Gasteiger partial charge in [-0.25, -0.2) is 4.39 Å². The van der Waals surface area contributed by atoms with Crippen LogP contribution in [0.1, 0.15) is 39.4 Å². The van der Waals surface area contributed by atoms with E-state index < -0.39 is 17.6 Å². The highest BCUT2D eigenvalue weighted by Crippen LogP contribution is 2.29. The molecular weight excluding hydrogens is 490 g/mol. The number of nitrogens with two attached hydrogens (primary N) is 1. The number of amides is 2. The first-order valence-corrected chi connectivity index (χ1v) is 11.8. The molecule has 2 amide bonds. The van der Waals surface area contributed by atoms with Gasteiger partial charge in [0.25, 0.3) is 5.91 Å². The number of hydrogen-bond acceptors (Lipinski definition) is 4. The van der Waals surface area contributed by atoms with E-state index in [1.165, 1.54) is 18.2 Å². The van der Waals surface area contributed by atoms with Crippen LogP contribution in [0.15, 0.2) is 65.7 Å². The lowest BCUT2D eigenvalue weighted by atomic mass is 9.94. The van der Waals surface area contributed by atoms with Gasteiger partial charge in [-0.15, -0.1) is 0 Å². The van der Waals surface area contributed by atoms with E-state index in [4.69, 9.17) is 28.9 Å². The van der Waals surface area contributed by atoms with Gasteiger partial charge in [0.1, 0.15) is 11.7 Å². The average Bonchev–Trinajstić information content (AvgIpc) is 2.84. The number of carbonyl (C=O) groups excluding carboxylic acids is 2. The Morgan fingerprint density at radius 3 is 2.60 bits per heavy atom. The van der Waals surface area contributed by atoms with E-state index in [0.717, 1.165) is 11.6 Å². The van der Waals surface area contributed by atoms with Gasteiger partial charge in [0.15, 0.2) is 0 Å². The van der Waals surface area contributed by atoms with E-state index in [0.29, 0.717) is 58.6 Å². The number of fused-ring (bicyclic) bond motifs is 1. The van der Waals surface area contributed by atoms with Crippen LogP contribution in [0.25, 0.3) is 0 Å². The molecule has 4 rings (SSSR count). The molecule has 35 heavy (non-hydrogen) atoms. The number of nitrogens with one attached hydrogen (secondary N) is 2. The first-order valence-electron chi connectivity index (χ1n) is 11.1. The van der Waals surface area contributed by atoms with Gasteiger partial charge in [0, 0.05) is 23.4 Å². The number of benzene rings is 3. The highest BCUT2D eigenvalue weighted by atomic mass is 35.5. The summed E-state index contributed by atoms with van der Waals surface area (Å²) in [6.45, 7) is 0.818. The molecule has 3 aromatic carbocycles. The number of halogens is 3. The van der Waals surface area contributed by atoms with Crippen molar-refractivity contribution in [3.63, 3.8) is 0 Å². The Balaban J connectivity index is 1.55. The minimum atomic E-state index is -0.522. The van der Waals surface area contributed by atoms with E-state index in [9.17, 15) is 14.0 Å². The maximum absolute atomic E-state index is 13.5. The Bertz CT molecular complexity index is 1310. The molecule has 1 unspecified atom stereocenters. The fourth-order valence-electron chi connectivity index (χ4n) is 3.96. The smallest absolute Gasteiger partial charge is 0.256 e. The molecule has 0 bridgehead atoms. The Morgan fingerprint density at radius 2 is 1.86 bits per heavy atom. The lowest BCUT2D eigenvalue weighted by Crippen LogP contribution is -2.34. The summed E-state index contributed by atoms with van der Waals surface area (Å²) >= 11 is 12.2. The number of anilines is 1. The number of aliphatic imine (C=N–C) groups is 1. The van der Waals surface area contributed by atoms with Crippen LogP contribution in [0, 0.1) is 5.82 Å². The lowest BCUT2D eigenvalue weighted by Gasteiger charge is -2.20. The third-order valence-corrected chi connectivity index (χ3v) is 6.46. The predicted molar refractivity (Wildman–Crippen MR) is 137 cm³/mol. The van der Waals surface area contributed by atoms with Crippen LogP contribution in [-0.2, 0) is 11.2 Å². The molecule has 0 radical (unpaired) electrons. The van der Waals surface area contributed by atoms with Crippen molar-refractivity contribution in [3.05, 3.63) is 98.8 Å². The number of carbonyl (C=O) groups is 2. The monoisotopic (exact) mass is 512 g/mol. The third-order valence-electron chi connectivity index (χ3n) is 5.72. The summed E-state index contributed by atoms with van der Waals surface area (Å²) in [5.41, 5.74) is 8.89. The summed E-state index contributed by atoms with van der Waals surface area (Å²) in [5.74, 6) is -1.35. The third kappa shape index (κ3) is 5.88. The molecule has 9 heteroatoms. The van der Waals surface area contributed by atoms with Crippen molar-refractivity contribution in [2.45, 2.75) is 18.8 Å². The van der Waals surface area contributed by atoms with Crippen molar-refractivity contribution in [1.29, 1.82) is 0 Å². The molecule has 3 aromatic rings. The molecule has 1 aliphatic rings. The van der Waals surface area contributed by atoms with E-state index in [2.05, 4.69) is 15.6 Å². The number of hydrogen-bond donors (Lipinski definition) is 3. The van der Waals surface area contributed by atoms with Crippen LogP contribution in [0.2, 0.25) is 10.0 Å². The predicted octanol–water partition coefficient (Wildman–Crippen LogP) is 4.94. The first-order chi connectivity index (χ1) is 16.9. The minimum Gasteiger partial charge on any atom is -0.330 e. The van der Waals surface area contributed by atoms with Crippen molar-refractivity contribution in [2.75, 3.05) is 18.4 Å². The molecule has 1 heterocycles. The molecule has 0 aliphatic carbocycles. The van der Waals surface area contributed by atoms with Gasteiger partial charge in [0.2, 0.25) is 5.91 Å². The van der Waals surface area contributed by atoms with Gasteiger partial charge in [0.05, 0.1) is 16.0 Å². The summed E-state index contributed by atoms with van der Waals surface area (Å²) in [4.78, 5) is 30.3. The van der Waals surface area contributed by atoms with Crippen LogP contribution in [0.4, 0.5) is 10.1 Å². The molecule has 0 fully saturated rings. The molecule has 4 N–H and O–H groups in total. The Hall–Kier alpha value is -3.26. The zero-order valence-electron chi connectivity index (χ0n) is 18.7. The van der Waals surface area contributed by atoms with Gasteiger partial charge in [-0.1, -0.05) is 41.4 Å². The Morgan fingerprint density at radius 1 is 1.03 bits per heavy atom. The molecule has 1 atom stereocenters. The van der Waals surface area contributed by atoms with E-state index in [1.807, 2.05) is 12.1 Å². The van der Waals surface area contributed by atoms with E-state index >= 15 is 0 Å². The zero-order chi connectivity index (χ0) is 24.9. The number of amidine groups is 1. The fourth-order valence-corrected chi connectivity index (χ4v) is 4.26. The summed E-state index contributed by atoms with van der Waals surface area (Å²) in [6, 6.07) is 16.0. The maximum Gasteiger partial charge on any atom is 0.256 e. The van der Waals surface area contributed by atoms with Gasteiger partial charge in [-0.2, -0.15) is 0 Å². The highest BCUT2D eigenvalue weighted by molar-refractivity contribution is 6.42. The molecule has 1 aliphatic heterocycles. The van der Waals surface area contributed by atoms with Crippen LogP contribution >= 0.6 is 23.2 Å². The van der Waals surface area contributed by atoms with Crippen molar-refractivity contribution >= 4 is 46.5 Å². The van der Waals surface area contributed by atoms with Gasteiger partial charge < -0.3 is 16.4 Å². The first kappa shape index (κ1) is 24.9. The largest absolute Gasteiger partial charge is 0.330 e. The Labute approximate surface area is 212 Å². The molecule has 180 valence electrons. The van der Waals surface area contributed by atoms with Crippen LogP contribution < -0.4 is 16.4 Å². The lowest BCUT2D eigenvalue weighted by molar-refractivity contribution is -0.117. The Kier molecular flexibility index (Phi) is 7.80.